The molecule has 4 rings (SSSR count). The van der Waals surface area contributed by atoms with Gasteiger partial charge in [-0.2, -0.15) is 18.3 Å². The largest absolute Gasteiger partial charge is 0.417 e. The van der Waals surface area contributed by atoms with Crippen molar-refractivity contribution in [1.82, 2.24) is 19.7 Å². The van der Waals surface area contributed by atoms with E-state index in [1.165, 1.54) is 22.9 Å². The maximum atomic E-state index is 13.3. The van der Waals surface area contributed by atoms with E-state index in [1.807, 2.05) is 36.6 Å². The first-order chi connectivity index (χ1) is 13.7. The average Bonchev–Trinajstić information content (AvgIpc) is 3.24. The maximum Gasteiger partial charge on any atom is 0.417 e. The van der Waals surface area contributed by atoms with Gasteiger partial charge >= 0.3 is 6.18 Å². The van der Waals surface area contributed by atoms with Crippen molar-refractivity contribution < 1.29 is 13.2 Å². The molecule has 30 heavy (non-hydrogen) atoms. The third-order valence-electron chi connectivity index (χ3n) is 4.66. The van der Waals surface area contributed by atoms with Gasteiger partial charge in [-0.15, -0.1) is 28.3 Å². The molecule has 10 heteroatoms. The summed E-state index contributed by atoms with van der Waals surface area (Å²) in [5.41, 5.74) is 1.58. The minimum atomic E-state index is -4.62. The van der Waals surface area contributed by atoms with Gasteiger partial charge in [-0.25, -0.2) is 9.67 Å². The number of halogens is 4. The number of aromatic amines is 1. The van der Waals surface area contributed by atoms with E-state index in [0.29, 0.717) is 19.0 Å². The second-order valence-corrected chi connectivity index (χ2v) is 7.76. The van der Waals surface area contributed by atoms with Gasteiger partial charge in [-0.05, 0) is 13.8 Å². The number of nitrogens with one attached hydrogen (secondary N) is 1. The Kier molecular flexibility index (Phi) is 6.19. The zero-order valence-corrected chi connectivity index (χ0v) is 18.6. The summed E-state index contributed by atoms with van der Waals surface area (Å²) in [5, 5.41) is 6.94. The first-order valence-electron chi connectivity index (χ1n) is 8.91. The molecule has 0 aliphatic heterocycles. The van der Waals surface area contributed by atoms with Crippen molar-refractivity contribution in [1.29, 1.82) is 0 Å². The number of thiazole rings is 1. The number of hydrogen-bond donors (Lipinski definition) is 1. The number of aromatic nitrogens is 4. The third kappa shape index (κ3) is 4.34. The molecular formula is C20H18BrF3N4OS. The Hall–Kier alpha value is -2.46. The van der Waals surface area contributed by atoms with E-state index in [4.69, 9.17) is 0 Å². The van der Waals surface area contributed by atoms with Gasteiger partial charge in [0.05, 0.1) is 27.3 Å². The molecule has 1 aromatic carbocycles. The van der Waals surface area contributed by atoms with Crippen LogP contribution in [0.25, 0.3) is 22.3 Å². The predicted molar refractivity (Wildman–Crippen MR) is 116 cm³/mol. The molecule has 1 N–H and O–H groups in total. The molecule has 0 amide bonds. The number of pyridine rings is 1. The van der Waals surface area contributed by atoms with Gasteiger partial charge in [0.1, 0.15) is 5.65 Å². The summed E-state index contributed by atoms with van der Waals surface area (Å²) in [7, 11) is 0. The van der Waals surface area contributed by atoms with Gasteiger partial charge < -0.3 is 4.98 Å². The standard InChI is InChI=1S/C20H17F3N4OS.BrH/c1-11-3-5-13(6-4-11)15-10-29-17(24-15)7-8-27-19-18(12(2)26-27)14(20(21,22)23)9-16(28)25-19;/h3-6,9-10H,7-8H2,1-2H3,(H,25,28);1H. The van der Waals surface area contributed by atoms with Crippen LogP contribution < -0.4 is 5.56 Å². The molecule has 0 unspecified atom stereocenters. The molecule has 5 nitrogen and oxygen atoms in total. The molecule has 0 aliphatic rings. The molecule has 0 saturated carbocycles. The van der Waals surface area contributed by atoms with Gasteiger partial charge in [0, 0.05) is 30.0 Å². The van der Waals surface area contributed by atoms with Crippen molar-refractivity contribution in [3.05, 3.63) is 67.9 Å². The summed E-state index contributed by atoms with van der Waals surface area (Å²) in [5.74, 6) is 0. The lowest BCUT2D eigenvalue weighted by molar-refractivity contribution is -0.136. The van der Waals surface area contributed by atoms with Crippen LogP contribution >= 0.6 is 28.3 Å². The van der Waals surface area contributed by atoms with E-state index in [1.54, 1.807) is 0 Å². The summed E-state index contributed by atoms with van der Waals surface area (Å²) in [4.78, 5) is 18.9. The van der Waals surface area contributed by atoms with Crippen LogP contribution in [0.1, 0.15) is 21.8 Å². The zero-order chi connectivity index (χ0) is 20.8. The zero-order valence-electron chi connectivity index (χ0n) is 16.1. The van der Waals surface area contributed by atoms with Crippen LogP contribution in [0.2, 0.25) is 0 Å². The molecule has 3 aromatic heterocycles. The Labute approximate surface area is 184 Å². The van der Waals surface area contributed by atoms with Crippen molar-refractivity contribution in [2.75, 3.05) is 0 Å². The minimum Gasteiger partial charge on any atom is -0.307 e. The molecule has 0 aliphatic carbocycles. The first-order valence-corrected chi connectivity index (χ1v) is 9.79. The molecule has 0 spiro atoms. The van der Waals surface area contributed by atoms with E-state index >= 15 is 0 Å². The van der Waals surface area contributed by atoms with Gasteiger partial charge in [-0.3, -0.25) is 4.79 Å². The van der Waals surface area contributed by atoms with E-state index in [-0.39, 0.29) is 33.7 Å². The molecule has 0 atom stereocenters. The van der Waals surface area contributed by atoms with Gasteiger partial charge in [0.25, 0.3) is 0 Å². The molecule has 158 valence electrons. The quantitative estimate of drug-likeness (QED) is 0.415. The van der Waals surface area contributed by atoms with Crippen LogP contribution in [0.4, 0.5) is 13.2 Å². The monoisotopic (exact) mass is 498 g/mol. The lowest BCUT2D eigenvalue weighted by atomic mass is 10.1. The van der Waals surface area contributed by atoms with Crippen LogP contribution in [0, 0.1) is 13.8 Å². The highest BCUT2D eigenvalue weighted by Gasteiger charge is 2.35. The van der Waals surface area contributed by atoms with Gasteiger partial charge in [0.15, 0.2) is 0 Å². The number of alkyl halides is 3. The van der Waals surface area contributed by atoms with Crippen molar-refractivity contribution in [2.24, 2.45) is 0 Å². The summed E-state index contributed by atoms with van der Waals surface area (Å²) in [6.07, 6.45) is -4.13. The lowest BCUT2D eigenvalue weighted by Gasteiger charge is -2.08. The fraction of sp³-hybridized carbons (Fsp3) is 0.250. The maximum absolute atomic E-state index is 13.3. The van der Waals surface area contributed by atoms with Crippen LogP contribution in [0.3, 0.4) is 0 Å². The smallest absolute Gasteiger partial charge is 0.307 e. The highest BCUT2D eigenvalue weighted by Crippen LogP contribution is 2.34. The molecule has 0 bridgehead atoms. The van der Waals surface area contributed by atoms with Crippen LogP contribution in [0.5, 0.6) is 0 Å². The van der Waals surface area contributed by atoms with Crippen molar-refractivity contribution in [3.63, 3.8) is 0 Å². The molecular weight excluding hydrogens is 481 g/mol. The number of hydrogen-bond acceptors (Lipinski definition) is 4. The highest BCUT2D eigenvalue weighted by molar-refractivity contribution is 8.93. The number of H-pyrrole nitrogens is 1. The molecule has 4 aromatic rings. The summed E-state index contributed by atoms with van der Waals surface area (Å²) in [6, 6.07) is 8.61. The summed E-state index contributed by atoms with van der Waals surface area (Å²) >= 11 is 1.49. The second-order valence-electron chi connectivity index (χ2n) is 6.82. The normalized spacial score (nSPS) is 11.6. The molecule has 0 saturated heterocycles. The fourth-order valence-corrected chi connectivity index (χ4v) is 4.05. The number of rotatable bonds is 4. The van der Waals surface area contributed by atoms with Gasteiger partial charge in [-0.1, -0.05) is 29.8 Å². The second kappa shape index (κ2) is 8.35. The highest BCUT2D eigenvalue weighted by atomic mass is 79.9. The Morgan fingerprint density at radius 3 is 2.53 bits per heavy atom. The molecule has 0 radical (unpaired) electrons. The Bertz CT molecular complexity index is 1240. The fourth-order valence-electron chi connectivity index (χ4n) is 3.26. The molecule has 0 fully saturated rings. The predicted octanol–water partition coefficient (Wildman–Crippen LogP) is 5.30. The van der Waals surface area contributed by atoms with Crippen LogP contribution in [-0.2, 0) is 19.1 Å². The Morgan fingerprint density at radius 2 is 1.87 bits per heavy atom. The summed E-state index contributed by atoms with van der Waals surface area (Å²) in [6.45, 7) is 3.83. The Balaban J connectivity index is 0.00000256. The molecule has 3 heterocycles. The van der Waals surface area contributed by atoms with E-state index < -0.39 is 17.3 Å². The van der Waals surface area contributed by atoms with Crippen molar-refractivity contribution in [2.45, 2.75) is 33.0 Å². The minimum absolute atomic E-state index is 0. The number of aryl methyl sites for hydroxylation is 4. The summed E-state index contributed by atoms with van der Waals surface area (Å²) < 4.78 is 41.4. The topological polar surface area (TPSA) is 63.6 Å². The number of benzene rings is 1. The van der Waals surface area contributed by atoms with Crippen molar-refractivity contribution in [3.8, 4) is 11.3 Å². The number of fused-ring (bicyclic) bond motifs is 1. The van der Waals surface area contributed by atoms with E-state index in [9.17, 15) is 18.0 Å². The third-order valence-corrected chi connectivity index (χ3v) is 5.56. The van der Waals surface area contributed by atoms with Crippen molar-refractivity contribution >= 4 is 39.4 Å². The van der Waals surface area contributed by atoms with Crippen LogP contribution in [-0.4, -0.2) is 19.7 Å². The Morgan fingerprint density at radius 1 is 1.17 bits per heavy atom. The SMILES string of the molecule is Br.Cc1ccc(-c2csc(CCn3nc(C)c4c(C(F)(F)F)cc(=O)[nH]c43)n2)cc1. The average molecular weight is 499 g/mol. The van der Waals surface area contributed by atoms with Gasteiger partial charge in [0.2, 0.25) is 5.56 Å². The number of nitrogens with zero attached hydrogens (tertiary/aromatic N) is 3. The van der Waals surface area contributed by atoms with E-state index in [0.717, 1.165) is 21.8 Å². The van der Waals surface area contributed by atoms with E-state index in [2.05, 4.69) is 15.1 Å². The lowest BCUT2D eigenvalue weighted by Crippen LogP contribution is -2.15. The van der Waals surface area contributed by atoms with Crippen LogP contribution in [0.15, 0.2) is 40.5 Å². The first kappa shape index (κ1) is 22.2.